The molecule has 22 nitrogen and oxygen atoms in total. The molecule has 1 saturated carbocycles. The third-order valence-corrected chi connectivity index (χ3v) is 15.8. The number of carbonyl (C=O) groups is 2. The average Bonchev–Trinajstić information content (AvgIpc) is 3.94. The number of hydrogen-bond donors (Lipinski definition) is 3. The van der Waals surface area contributed by atoms with Crippen molar-refractivity contribution >= 4 is 90.6 Å². The first-order valence-electron chi connectivity index (χ1n) is 27.5. The van der Waals surface area contributed by atoms with Crippen LogP contribution in [0.2, 0.25) is 0 Å². The maximum atomic E-state index is 16.2. The number of allylic oxidation sites excluding steroid dienone is 1. The summed E-state index contributed by atoms with van der Waals surface area (Å²) in [4.78, 5) is 59.9. The highest BCUT2D eigenvalue weighted by atomic mass is 19.1. The van der Waals surface area contributed by atoms with E-state index < -0.39 is 17.2 Å². The Morgan fingerprint density at radius 3 is 1.93 bits per heavy atom. The maximum absolute atomic E-state index is 16.2. The highest BCUT2D eigenvalue weighted by Gasteiger charge is 2.41. The Morgan fingerprint density at radius 1 is 0.714 bits per heavy atom. The summed E-state index contributed by atoms with van der Waals surface area (Å²) in [6.45, 7) is 12.0. The van der Waals surface area contributed by atoms with Crippen molar-refractivity contribution < 1.29 is 27.8 Å². The second kappa shape index (κ2) is 21.6. The van der Waals surface area contributed by atoms with E-state index in [4.69, 9.17) is 19.4 Å². The summed E-state index contributed by atoms with van der Waals surface area (Å²) in [6, 6.07) is 24.8. The molecule has 84 heavy (non-hydrogen) atoms. The number of anilines is 6. The van der Waals surface area contributed by atoms with Crippen molar-refractivity contribution in [3.8, 4) is 23.0 Å². The molecule has 0 unspecified atom stereocenters. The quantitative estimate of drug-likeness (QED) is 0.0764. The summed E-state index contributed by atoms with van der Waals surface area (Å²) in [5, 5.41) is 26.2. The number of nitrogens with one attached hydrogen (secondary N) is 3. The molecule has 10 aromatic rings. The van der Waals surface area contributed by atoms with Crippen molar-refractivity contribution in [3.63, 3.8) is 0 Å². The van der Waals surface area contributed by atoms with Crippen LogP contribution in [-0.4, -0.2) is 121 Å². The van der Waals surface area contributed by atoms with Crippen LogP contribution in [0.4, 0.5) is 43.4 Å². The van der Waals surface area contributed by atoms with Crippen molar-refractivity contribution in [2.45, 2.75) is 58.2 Å². The number of halogens is 2. The molecule has 2 amide bonds. The minimum atomic E-state index is -0.529. The van der Waals surface area contributed by atoms with E-state index in [2.05, 4.69) is 72.9 Å². The molecule has 0 bridgehead atoms. The normalized spacial score (nSPS) is 17.2. The van der Waals surface area contributed by atoms with E-state index in [1.54, 1.807) is 83.9 Å². The number of fused-ring (bicyclic) bond motifs is 4. The Hall–Kier alpha value is -10.3. The monoisotopic (exact) mass is 1130 g/mol. The average molecular weight is 1130 g/mol. The second-order valence-electron chi connectivity index (χ2n) is 21.6. The third-order valence-electron chi connectivity index (χ3n) is 15.8. The number of carbonyl (C=O) groups excluding carboxylic acids is 2. The first kappa shape index (κ1) is 53.1. The van der Waals surface area contributed by atoms with Gasteiger partial charge in [0.05, 0.1) is 51.6 Å². The van der Waals surface area contributed by atoms with E-state index in [1.165, 1.54) is 18.7 Å². The lowest BCUT2D eigenvalue weighted by molar-refractivity contribution is -0.129. The van der Waals surface area contributed by atoms with Gasteiger partial charge in [0.15, 0.2) is 23.3 Å². The smallest absolute Gasteiger partial charge is 0.246 e. The van der Waals surface area contributed by atoms with E-state index in [0.29, 0.717) is 130 Å². The number of nitrogens with zero attached hydrogens (tertiary/aromatic N) is 15. The zero-order chi connectivity index (χ0) is 57.8. The molecule has 3 aliphatic rings. The molecule has 13 rings (SSSR count). The van der Waals surface area contributed by atoms with Crippen LogP contribution in [0, 0.1) is 31.4 Å². The van der Waals surface area contributed by atoms with Crippen molar-refractivity contribution in [1.82, 2.24) is 70.1 Å². The Kier molecular flexibility index (Phi) is 13.6. The van der Waals surface area contributed by atoms with Crippen LogP contribution >= 0.6 is 0 Å². The first-order chi connectivity index (χ1) is 40.7. The van der Waals surface area contributed by atoms with Gasteiger partial charge in [0, 0.05) is 69.1 Å². The number of ether oxygens (including phenoxy) is 2. The minimum absolute atomic E-state index is 0.0299. The second-order valence-corrected chi connectivity index (χ2v) is 21.6. The molecule has 1 aliphatic carbocycles. The Morgan fingerprint density at radius 2 is 1.31 bits per heavy atom. The van der Waals surface area contributed by atoms with Gasteiger partial charge in [0.1, 0.15) is 69.4 Å². The predicted molar refractivity (Wildman–Crippen MR) is 313 cm³/mol. The first-order valence-corrected chi connectivity index (χ1v) is 27.5. The van der Waals surface area contributed by atoms with Gasteiger partial charge in [-0.15, -0.1) is 10.2 Å². The number of benzene rings is 4. The van der Waals surface area contributed by atoms with Crippen molar-refractivity contribution in [2.24, 2.45) is 13.0 Å². The summed E-state index contributed by atoms with van der Waals surface area (Å²) in [5.41, 5.74) is 5.42. The Bertz CT molecular complexity index is 4300. The summed E-state index contributed by atoms with van der Waals surface area (Å²) in [6.07, 6.45) is 10.3. The predicted octanol–water partition coefficient (Wildman–Crippen LogP) is 9.31. The minimum Gasteiger partial charge on any atom is -0.457 e. The van der Waals surface area contributed by atoms with Gasteiger partial charge in [0.2, 0.25) is 11.8 Å². The van der Waals surface area contributed by atoms with E-state index >= 15 is 8.78 Å². The van der Waals surface area contributed by atoms with Crippen molar-refractivity contribution in [2.75, 3.05) is 53.2 Å². The molecule has 3 fully saturated rings. The van der Waals surface area contributed by atoms with Crippen molar-refractivity contribution in [1.29, 1.82) is 0 Å². The lowest BCUT2D eigenvalue weighted by Crippen LogP contribution is -2.56. The van der Waals surface area contributed by atoms with Crippen LogP contribution in [0.3, 0.4) is 0 Å². The zero-order valence-corrected chi connectivity index (χ0v) is 46.3. The standard InChI is InChI=1S/C60H56F2N18O4/c1-6-52(81)71-60(4)23-25-78(31-60)51-22-16-42-57(70-51)59(66-33-64-42)68-40-14-20-49(35(3)55(40)62)84-38-12-18-46-44(29-38)73-75-80(46)24-7-8-53(82)79-27-26-77(30-47(79)36-9-10-36)50-21-15-41-56(69-50)58(65-32-63-41)67-39-13-19-48(34(2)54(39)61)83-37-11-17-45-43(28-37)72-74-76(45)5/h6-8,11-22,28-29,32-33,36,47H,1,9-10,23-27,30-31H2,2-5H3,(H,71,81)(H,63,65,67)(H,64,66,68)/b8-7+/t47-,60-/m1/s1. The van der Waals surface area contributed by atoms with Gasteiger partial charge in [-0.05, 0) is 125 Å². The molecule has 0 spiro atoms. The van der Waals surface area contributed by atoms with Gasteiger partial charge >= 0.3 is 0 Å². The molecule has 8 heterocycles. The number of rotatable bonds is 16. The summed E-state index contributed by atoms with van der Waals surface area (Å²) < 4.78 is 47.9. The van der Waals surface area contributed by atoms with Gasteiger partial charge in [-0.1, -0.05) is 23.1 Å². The SMILES string of the molecule is C=CC(=O)N[C@]1(C)CCN(c2ccc3ncnc(Nc4ccc(Oc5ccc6c(c5)nnn6C/C=C/C(=O)N5CCN(c6ccc7ncnc(Nc8ccc(Oc9ccc%10c(c9)nnn%10C)c(C)c8F)c7n6)C[C@@H]5C5CC5)c(C)c4F)c3n2)C1. The molecule has 424 valence electrons. The number of hydrogen-bond acceptors (Lipinski definition) is 18. The summed E-state index contributed by atoms with van der Waals surface area (Å²) >= 11 is 0. The number of amides is 2. The van der Waals surface area contributed by atoms with Crippen molar-refractivity contribution in [3.05, 3.63) is 145 Å². The van der Waals surface area contributed by atoms with Crippen LogP contribution < -0.4 is 35.2 Å². The largest absolute Gasteiger partial charge is 0.457 e. The molecular formula is C60H56F2N18O4. The molecule has 6 aromatic heterocycles. The summed E-state index contributed by atoms with van der Waals surface area (Å²) in [7, 11) is 1.81. The zero-order valence-electron chi connectivity index (χ0n) is 46.3. The Balaban J connectivity index is 0.637. The molecule has 3 N–H and O–H groups in total. The lowest BCUT2D eigenvalue weighted by atomic mass is 10.0. The van der Waals surface area contributed by atoms with Crippen LogP contribution in [0.25, 0.3) is 44.1 Å². The fourth-order valence-corrected chi connectivity index (χ4v) is 11.0. The number of piperazine rings is 1. The van der Waals surface area contributed by atoms with Crippen LogP contribution in [-0.2, 0) is 23.2 Å². The van der Waals surface area contributed by atoms with Gasteiger partial charge in [0.25, 0.3) is 0 Å². The third kappa shape index (κ3) is 10.4. The molecule has 2 saturated heterocycles. The molecule has 2 aliphatic heterocycles. The van der Waals surface area contributed by atoms with Gasteiger partial charge in [-0.3, -0.25) is 9.59 Å². The Labute approximate surface area is 479 Å². The molecule has 4 aromatic carbocycles. The molecular weight excluding hydrogens is 1070 g/mol. The van der Waals surface area contributed by atoms with Crippen LogP contribution in [0.5, 0.6) is 23.0 Å². The van der Waals surface area contributed by atoms with E-state index in [0.717, 1.165) is 30.3 Å². The van der Waals surface area contributed by atoms with E-state index in [9.17, 15) is 9.59 Å². The highest BCUT2D eigenvalue weighted by Crippen LogP contribution is 2.40. The highest BCUT2D eigenvalue weighted by molar-refractivity contribution is 5.91. The van der Waals surface area contributed by atoms with Crippen LogP contribution in [0.1, 0.15) is 37.3 Å². The number of aromatic nitrogens is 12. The maximum Gasteiger partial charge on any atom is 0.246 e. The van der Waals surface area contributed by atoms with Gasteiger partial charge in [-0.25, -0.2) is 48.0 Å². The van der Waals surface area contributed by atoms with E-state index in [1.807, 2.05) is 55.3 Å². The van der Waals surface area contributed by atoms with Crippen LogP contribution in [0.15, 0.2) is 122 Å². The van der Waals surface area contributed by atoms with Gasteiger partial charge in [-0.2, -0.15) is 0 Å². The number of aryl methyl sites for hydroxylation is 1. The molecule has 24 heteroatoms. The lowest BCUT2D eigenvalue weighted by Gasteiger charge is -2.42. The molecule has 2 atom stereocenters. The summed E-state index contributed by atoms with van der Waals surface area (Å²) in [5.74, 6) is 2.70. The fourth-order valence-electron chi connectivity index (χ4n) is 11.0. The topological polar surface area (TPSA) is 237 Å². The van der Waals surface area contributed by atoms with Gasteiger partial charge < -0.3 is 40.1 Å². The fraction of sp³-hybridized carbons (Fsp3) is 0.267. The molecule has 0 radical (unpaired) electrons. The van der Waals surface area contributed by atoms with E-state index in [-0.39, 0.29) is 34.8 Å². The number of pyridine rings is 2.